The van der Waals surface area contributed by atoms with Gasteiger partial charge in [-0.3, -0.25) is 4.79 Å². The molecular weight excluding hydrogens is 286 g/mol. The van der Waals surface area contributed by atoms with E-state index in [-0.39, 0.29) is 11.4 Å². The van der Waals surface area contributed by atoms with Gasteiger partial charge >= 0.3 is 5.97 Å². The molecule has 0 spiro atoms. The number of aliphatic carboxylic acids is 1. The normalized spacial score (nSPS) is 13.3. The molecule has 0 unspecified atom stereocenters. The van der Waals surface area contributed by atoms with Gasteiger partial charge in [0, 0.05) is 19.3 Å². The zero-order chi connectivity index (χ0) is 15.3. The second-order valence-corrected chi connectivity index (χ2v) is 6.00. The molecular formula is C11H19N3O5S. The van der Waals surface area contributed by atoms with E-state index in [1.54, 1.807) is 11.5 Å². The standard InChI is InChI=1S/C11H19N3O5S/c1-3-5-14-7-10(12-8(14)2)20(18,19)13-9(4-6-15)11(16)17/h7,9,13,15H,3-6H2,1-2H3,(H,16,17)/t9-/m0/s1. The van der Waals surface area contributed by atoms with Crippen LogP contribution in [0, 0.1) is 6.92 Å². The van der Waals surface area contributed by atoms with Crippen LogP contribution in [-0.4, -0.2) is 46.8 Å². The first kappa shape index (κ1) is 16.6. The lowest BCUT2D eigenvalue weighted by molar-refractivity contribution is -0.139. The Morgan fingerprint density at radius 3 is 2.70 bits per heavy atom. The summed E-state index contributed by atoms with van der Waals surface area (Å²) in [5.74, 6) is -0.798. The lowest BCUT2D eigenvalue weighted by atomic mass is 10.2. The van der Waals surface area contributed by atoms with E-state index < -0.39 is 28.6 Å². The third-order valence-corrected chi connectivity index (χ3v) is 4.05. The number of carbonyl (C=O) groups is 1. The molecule has 8 nitrogen and oxygen atoms in total. The number of rotatable bonds is 8. The summed E-state index contributed by atoms with van der Waals surface area (Å²) in [6.45, 7) is 3.83. The van der Waals surface area contributed by atoms with Crippen LogP contribution in [0.15, 0.2) is 11.2 Å². The molecule has 114 valence electrons. The van der Waals surface area contributed by atoms with Crippen molar-refractivity contribution in [2.75, 3.05) is 6.61 Å². The Labute approximate surface area is 117 Å². The molecule has 0 amide bonds. The average Bonchev–Trinajstić information content (AvgIpc) is 2.71. The molecule has 9 heteroatoms. The fourth-order valence-corrected chi connectivity index (χ4v) is 2.92. The summed E-state index contributed by atoms with van der Waals surface area (Å²) in [5.41, 5.74) is 0. The first-order valence-electron chi connectivity index (χ1n) is 6.21. The van der Waals surface area contributed by atoms with Crippen molar-refractivity contribution in [2.24, 2.45) is 0 Å². The number of sulfonamides is 1. The number of carboxylic acid groups (broad SMARTS) is 1. The smallest absolute Gasteiger partial charge is 0.321 e. The van der Waals surface area contributed by atoms with Crippen LogP contribution in [-0.2, 0) is 21.4 Å². The van der Waals surface area contributed by atoms with Crippen molar-refractivity contribution in [3.63, 3.8) is 0 Å². The van der Waals surface area contributed by atoms with Crippen LogP contribution in [0.2, 0.25) is 0 Å². The van der Waals surface area contributed by atoms with Gasteiger partial charge in [0.1, 0.15) is 11.9 Å². The minimum absolute atomic E-state index is 0.205. The molecule has 0 saturated heterocycles. The third kappa shape index (κ3) is 4.02. The van der Waals surface area contributed by atoms with Crippen molar-refractivity contribution < 1.29 is 23.4 Å². The van der Waals surface area contributed by atoms with Gasteiger partial charge in [-0.25, -0.2) is 13.4 Å². The van der Waals surface area contributed by atoms with Crippen molar-refractivity contribution in [1.82, 2.24) is 14.3 Å². The van der Waals surface area contributed by atoms with Crippen LogP contribution in [0.25, 0.3) is 0 Å². The number of aromatic nitrogens is 2. The zero-order valence-corrected chi connectivity index (χ0v) is 12.2. The van der Waals surface area contributed by atoms with E-state index in [0.29, 0.717) is 12.4 Å². The minimum Gasteiger partial charge on any atom is -0.480 e. The molecule has 0 aliphatic heterocycles. The summed E-state index contributed by atoms with van der Waals surface area (Å²) in [7, 11) is -4.02. The Balaban J connectivity index is 2.98. The SMILES string of the molecule is CCCn1cc(S(=O)(=O)N[C@@H](CCO)C(=O)O)nc1C. The molecule has 1 rings (SSSR count). The summed E-state index contributed by atoms with van der Waals surface area (Å²) < 4.78 is 27.8. The average molecular weight is 305 g/mol. The second kappa shape index (κ2) is 6.82. The van der Waals surface area contributed by atoms with Gasteiger partial charge in [0.05, 0.1) is 0 Å². The number of nitrogens with zero attached hydrogens (tertiary/aromatic N) is 2. The highest BCUT2D eigenvalue weighted by molar-refractivity contribution is 7.89. The van der Waals surface area contributed by atoms with Gasteiger partial charge in [0.15, 0.2) is 5.03 Å². The lowest BCUT2D eigenvalue weighted by Gasteiger charge is -2.12. The quantitative estimate of drug-likeness (QED) is 0.607. The van der Waals surface area contributed by atoms with Gasteiger partial charge in [0.2, 0.25) is 0 Å². The van der Waals surface area contributed by atoms with Crippen LogP contribution in [0.1, 0.15) is 25.6 Å². The largest absolute Gasteiger partial charge is 0.480 e. The lowest BCUT2D eigenvalue weighted by Crippen LogP contribution is -2.41. The van der Waals surface area contributed by atoms with Gasteiger partial charge in [0.25, 0.3) is 10.0 Å². The molecule has 0 saturated carbocycles. The summed E-state index contributed by atoms with van der Waals surface area (Å²) >= 11 is 0. The van der Waals surface area contributed by atoms with Crippen molar-refractivity contribution in [1.29, 1.82) is 0 Å². The van der Waals surface area contributed by atoms with Gasteiger partial charge in [-0.05, 0) is 19.8 Å². The molecule has 0 aliphatic carbocycles. The van der Waals surface area contributed by atoms with E-state index in [0.717, 1.165) is 6.42 Å². The topological polar surface area (TPSA) is 122 Å². The fourth-order valence-electron chi connectivity index (χ4n) is 1.69. The Morgan fingerprint density at radius 2 is 2.20 bits per heavy atom. The Kier molecular flexibility index (Phi) is 5.66. The number of hydrogen-bond acceptors (Lipinski definition) is 5. The van der Waals surface area contributed by atoms with Gasteiger partial charge in [-0.1, -0.05) is 6.92 Å². The molecule has 0 fully saturated rings. The Hall–Kier alpha value is -1.45. The molecule has 0 aliphatic rings. The van der Waals surface area contributed by atoms with E-state index in [4.69, 9.17) is 10.2 Å². The van der Waals surface area contributed by atoms with Gasteiger partial charge in [-0.2, -0.15) is 4.72 Å². The predicted molar refractivity (Wildman–Crippen MR) is 70.7 cm³/mol. The van der Waals surface area contributed by atoms with E-state index in [1.165, 1.54) is 6.20 Å². The van der Waals surface area contributed by atoms with E-state index in [9.17, 15) is 13.2 Å². The molecule has 20 heavy (non-hydrogen) atoms. The number of aliphatic hydroxyl groups is 1. The van der Waals surface area contributed by atoms with Crippen LogP contribution in [0.5, 0.6) is 0 Å². The molecule has 0 aromatic carbocycles. The van der Waals surface area contributed by atoms with E-state index in [2.05, 4.69) is 4.98 Å². The van der Waals surface area contributed by atoms with E-state index in [1.807, 2.05) is 11.6 Å². The van der Waals surface area contributed by atoms with Crippen LogP contribution >= 0.6 is 0 Å². The highest BCUT2D eigenvalue weighted by Gasteiger charge is 2.27. The summed E-state index contributed by atoms with van der Waals surface area (Å²) in [5, 5.41) is 17.4. The zero-order valence-electron chi connectivity index (χ0n) is 11.4. The van der Waals surface area contributed by atoms with Crippen molar-refractivity contribution in [3.8, 4) is 0 Å². The van der Waals surface area contributed by atoms with Crippen LogP contribution < -0.4 is 4.72 Å². The second-order valence-electron chi connectivity index (χ2n) is 4.34. The third-order valence-electron chi connectivity index (χ3n) is 2.71. The minimum atomic E-state index is -4.02. The summed E-state index contributed by atoms with van der Waals surface area (Å²) in [6, 6.07) is -1.37. The number of carboxylic acids is 1. The number of aliphatic hydroxyl groups excluding tert-OH is 1. The molecule has 3 N–H and O–H groups in total. The Bertz CT molecular complexity index is 567. The molecule has 1 aromatic heterocycles. The highest BCUT2D eigenvalue weighted by Crippen LogP contribution is 2.11. The van der Waals surface area contributed by atoms with Gasteiger partial charge < -0.3 is 14.8 Å². The number of aryl methyl sites for hydroxylation is 2. The van der Waals surface area contributed by atoms with Crippen molar-refractivity contribution >= 4 is 16.0 Å². The van der Waals surface area contributed by atoms with Gasteiger partial charge in [-0.15, -0.1) is 0 Å². The maximum absolute atomic E-state index is 12.1. The summed E-state index contributed by atoms with van der Waals surface area (Å²) in [6.07, 6.45) is 1.99. The first-order chi connectivity index (χ1) is 9.31. The molecule has 0 radical (unpaired) electrons. The number of hydrogen-bond donors (Lipinski definition) is 3. The molecule has 0 bridgehead atoms. The first-order valence-corrected chi connectivity index (χ1v) is 7.70. The van der Waals surface area contributed by atoms with Crippen LogP contribution in [0.3, 0.4) is 0 Å². The maximum Gasteiger partial charge on any atom is 0.321 e. The van der Waals surface area contributed by atoms with Crippen LogP contribution in [0.4, 0.5) is 0 Å². The molecule has 1 aromatic rings. The maximum atomic E-state index is 12.1. The van der Waals surface area contributed by atoms with E-state index >= 15 is 0 Å². The van der Waals surface area contributed by atoms with Crippen molar-refractivity contribution in [3.05, 3.63) is 12.0 Å². The summed E-state index contributed by atoms with van der Waals surface area (Å²) in [4.78, 5) is 14.8. The van der Waals surface area contributed by atoms with Crippen molar-refractivity contribution in [2.45, 2.75) is 44.3 Å². The number of nitrogens with one attached hydrogen (secondary N) is 1. The number of imidazole rings is 1. The Morgan fingerprint density at radius 1 is 1.55 bits per heavy atom. The fraction of sp³-hybridized carbons (Fsp3) is 0.636. The molecule has 1 heterocycles. The highest BCUT2D eigenvalue weighted by atomic mass is 32.2. The molecule has 1 atom stereocenters. The predicted octanol–water partition coefficient (Wildman–Crippen LogP) is -0.285. The monoisotopic (exact) mass is 305 g/mol.